The molecule has 0 aromatic heterocycles. The largest absolute Gasteiger partial charge is 0.361 e. The number of nitrogens with one attached hydrogen (secondary N) is 1. The molecule has 1 saturated heterocycles. The second-order valence-corrected chi connectivity index (χ2v) is 6.61. The minimum absolute atomic E-state index is 0.1000. The fourth-order valence-corrected chi connectivity index (χ4v) is 3.17. The number of halogens is 3. The quantitative estimate of drug-likeness (QED) is 0.891. The molecule has 0 amide bonds. The van der Waals surface area contributed by atoms with E-state index in [2.05, 4.69) is 42.0 Å². The lowest BCUT2D eigenvalue weighted by molar-refractivity contribution is 0.328. The van der Waals surface area contributed by atoms with Crippen LogP contribution in [0.25, 0.3) is 0 Å². The van der Waals surface area contributed by atoms with Crippen LogP contribution in [0.4, 0.5) is 14.5 Å². The zero-order chi connectivity index (χ0) is 14.9. The summed E-state index contributed by atoms with van der Waals surface area (Å²) in [4.78, 5) is 1.90. The van der Waals surface area contributed by atoms with E-state index in [0.717, 1.165) is 13.0 Å². The predicted octanol–water partition coefficient (Wildman–Crippen LogP) is 3.94. The Morgan fingerprint density at radius 1 is 1.35 bits per heavy atom. The van der Waals surface area contributed by atoms with Crippen molar-refractivity contribution >= 4 is 21.6 Å². The Bertz CT molecular complexity index is 456. The van der Waals surface area contributed by atoms with Crippen molar-refractivity contribution in [2.24, 2.45) is 5.92 Å². The maximum absolute atomic E-state index is 14.2. The van der Waals surface area contributed by atoms with Gasteiger partial charge < -0.3 is 10.2 Å². The van der Waals surface area contributed by atoms with Crippen molar-refractivity contribution in [1.82, 2.24) is 5.32 Å². The van der Waals surface area contributed by atoms with Crippen LogP contribution < -0.4 is 10.2 Å². The molecule has 0 spiro atoms. The van der Waals surface area contributed by atoms with Crippen molar-refractivity contribution < 1.29 is 8.78 Å². The SMILES string of the molecule is CCC1CN(c2c(F)cc(Br)cc2F)C(C(C)C)CN1. The Balaban J connectivity index is 2.40. The van der Waals surface area contributed by atoms with E-state index in [0.29, 0.717) is 16.9 Å². The van der Waals surface area contributed by atoms with Gasteiger partial charge in [0.25, 0.3) is 0 Å². The van der Waals surface area contributed by atoms with Crippen LogP contribution in [0.2, 0.25) is 0 Å². The minimum Gasteiger partial charge on any atom is -0.361 e. The molecule has 1 aromatic carbocycles. The highest BCUT2D eigenvalue weighted by atomic mass is 79.9. The number of benzene rings is 1. The first-order valence-corrected chi connectivity index (χ1v) is 7.87. The second-order valence-electron chi connectivity index (χ2n) is 5.70. The Morgan fingerprint density at radius 3 is 2.45 bits per heavy atom. The Morgan fingerprint density at radius 2 is 1.95 bits per heavy atom. The molecular weight excluding hydrogens is 326 g/mol. The molecule has 2 atom stereocenters. The van der Waals surface area contributed by atoms with Gasteiger partial charge in [-0.2, -0.15) is 0 Å². The lowest BCUT2D eigenvalue weighted by Gasteiger charge is -2.44. The first-order chi connectivity index (χ1) is 9.43. The fraction of sp³-hybridized carbons (Fsp3) is 0.600. The van der Waals surface area contributed by atoms with E-state index in [9.17, 15) is 8.78 Å². The molecule has 1 aromatic rings. The number of nitrogens with zero attached hydrogens (tertiary/aromatic N) is 1. The van der Waals surface area contributed by atoms with Crippen molar-refractivity contribution in [2.75, 3.05) is 18.0 Å². The second kappa shape index (κ2) is 6.39. The van der Waals surface area contributed by atoms with Crippen LogP contribution >= 0.6 is 15.9 Å². The molecule has 20 heavy (non-hydrogen) atoms. The highest BCUT2D eigenvalue weighted by molar-refractivity contribution is 9.10. The predicted molar refractivity (Wildman–Crippen MR) is 82.1 cm³/mol. The fourth-order valence-electron chi connectivity index (χ4n) is 2.77. The number of hydrogen-bond acceptors (Lipinski definition) is 2. The average Bonchev–Trinajstić information content (AvgIpc) is 2.37. The minimum atomic E-state index is -0.501. The molecule has 1 N–H and O–H groups in total. The maximum atomic E-state index is 14.2. The summed E-state index contributed by atoms with van der Waals surface area (Å²) in [6.45, 7) is 7.64. The third-order valence-corrected chi connectivity index (χ3v) is 4.42. The first-order valence-electron chi connectivity index (χ1n) is 7.08. The normalized spacial score (nSPS) is 23.4. The van der Waals surface area contributed by atoms with Gasteiger partial charge in [0.2, 0.25) is 0 Å². The van der Waals surface area contributed by atoms with E-state index in [1.54, 1.807) is 0 Å². The van der Waals surface area contributed by atoms with Crippen molar-refractivity contribution in [1.29, 1.82) is 0 Å². The molecule has 2 unspecified atom stereocenters. The molecule has 0 radical (unpaired) electrons. The van der Waals surface area contributed by atoms with E-state index in [-0.39, 0.29) is 17.8 Å². The summed E-state index contributed by atoms with van der Waals surface area (Å²) in [5.74, 6) is -0.679. The highest BCUT2D eigenvalue weighted by Crippen LogP contribution is 2.31. The summed E-state index contributed by atoms with van der Waals surface area (Å²) >= 11 is 3.13. The molecule has 112 valence electrons. The van der Waals surface area contributed by atoms with Crippen LogP contribution in [0, 0.1) is 17.6 Å². The maximum Gasteiger partial charge on any atom is 0.150 e. The first kappa shape index (κ1) is 15.7. The molecule has 1 heterocycles. The topological polar surface area (TPSA) is 15.3 Å². The number of piperazine rings is 1. The smallest absolute Gasteiger partial charge is 0.150 e. The Kier molecular flexibility index (Phi) is 5.02. The average molecular weight is 347 g/mol. The van der Waals surface area contributed by atoms with Gasteiger partial charge in [-0.25, -0.2) is 8.78 Å². The zero-order valence-electron chi connectivity index (χ0n) is 12.1. The third-order valence-electron chi connectivity index (χ3n) is 3.96. The monoisotopic (exact) mass is 346 g/mol. The summed E-state index contributed by atoms with van der Waals surface area (Å²) in [5.41, 5.74) is 0.104. The van der Waals surface area contributed by atoms with Gasteiger partial charge in [0.1, 0.15) is 5.69 Å². The summed E-state index contributed by atoms with van der Waals surface area (Å²) in [6, 6.07) is 3.04. The zero-order valence-corrected chi connectivity index (χ0v) is 13.7. The molecule has 0 bridgehead atoms. The molecule has 1 fully saturated rings. The molecule has 2 rings (SSSR count). The van der Waals surface area contributed by atoms with E-state index in [1.807, 2.05) is 4.90 Å². The van der Waals surface area contributed by atoms with Crippen LogP contribution in [0.5, 0.6) is 0 Å². The third kappa shape index (κ3) is 3.14. The molecule has 5 heteroatoms. The van der Waals surface area contributed by atoms with Gasteiger partial charge in [0.05, 0.1) is 0 Å². The Labute approximate surface area is 127 Å². The van der Waals surface area contributed by atoms with Gasteiger partial charge in [-0.15, -0.1) is 0 Å². The van der Waals surface area contributed by atoms with E-state index < -0.39 is 11.6 Å². The van der Waals surface area contributed by atoms with Crippen molar-refractivity contribution in [3.8, 4) is 0 Å². The lowest BCUT2D eigenvalue weighted by atomic mass is 9.96. The van der Waals surface area contributed by atoms with E-state index in [1.165, 1.54) is 12.1 Å². The van der Waals surface area contributed by atoms with Gasteiger partial charge in [-0.1, -0.05) is 36.7 Å². The Hall–Kier alpha value is -0.680. The summed E-state index contributed by atoms with van der Waals surface area (Å²) in [7, 11) is 0. The van der Waals surface area contributed by atoms with Gasteiger partial charge in [-0.05, 0) is 24.5 Å². The van der Waals surface area contributed by atoms with Crippen LogP contribution in [0.15, 0.2) is 16.6 Å². The molecule has 0 saturated carbocycles. The van der Waals surface area contributed by atoms with Crippen molar-refractivity contribution in [3.63, 3.8) is 0 Å². The van der Waals surface area contributed by atoms with E-state index in [4.69, 9.17) is 0 Å². The van der Waals surface area contributed by atoms with Crippen LogP contribution in [0.3, 0.4) is 0 Å². The van der Waals surface area contributed by atoms with E-state index >= 15 is 0 Å². The van der Waals surface area contributed by atoms with Gasteiger partial charge in [0, 0.05) is 29.6 Å². The molecule has 0 aliphatic carbocycles. The van der Waals surface area contributed by atoms with Crippen LogP contribution in [-0.4, -0.2) is 25.2 Å². The lowest BCUT2D eigenvalue weighted by Crippen LogP contribution is -2.58. The summed E-state index contributed by atoms with van der Waals surface area (Å²) in [5, 5.41) is 3.45. The van der Waals surface area contributed by atoms with Gasteiger partial charge >= 0.3 is 0 Å². The summed E-state index contributed by atoms with van der Waals surface area (Å²) in [6.07, 6.45) is 0.946. The van der Waals surface area contributed by atoms with Crippen LogP contribution in [-0.2, 0) is 0 Å². The molecular formula is C15H21BrF2N2. The number of anilines is 1. The highest BCUT2D eigenvalue weighted by Gasteiger charge is 2.32. The van der Waals surface area contributed by atoms with Crippen LogP contribution in [0.1, 0.15) is 27.2 Å². The molecule has 2 nitrogen and oxygen atoms in total. The molecule has 1 aliphatic rings. The van der Waals surface area contributed by atoms with Gasteiger partial charge in [-0.3, -0.25) is 0 Å². The number of hydrogen-bond donors (Lipinski definition) is 1. The standard InChI is InChI=1S/C15H21BrF2N2/c1-4-11-8-20(14(7-19-11)9(2)3)15-12(17)5-10(16)6-13(15)18/h5-6,9,11,14,19H,4,7-8H2,1-3H3. The van der Waals surface area contributed by atoms with Gasteiger partial charge in [0.15, 0.2) is 11.6 Å². The van der Waals surface area contributed by atoms with Crippen molar-refractivity contribution in [3.05, 3.63) is 28.2 Å². The molecule has 1 aliphatic heterocycles. The summed E-state index contributed by atoms with van der Waals surface area (Å²) < 4.78 is 28.9. The number of rotatable bonds is 3. The van der Waals surface area contributed by atoms with Crippen molar-refractivity contribution in [2.45, 2.75) is 39.3 Å².